The van der Waals surface area contributed by atoms with Gasteiger partial charge in [0.2, 0.25) is 5.91 Å². The summed E-state index contributed by atoms with van der Waals surface area (Å²) in [5, 5.41) is 4.23. The predicted molar refractivity (Wildman–Crippen MR) is 92.7 cm³/mol. The third-order valence-corrected chi connectivity index (χ3v) is 4.56. The van der Waals surface area contributed by atoms with Crippen LogP contribution in [-0.4, -0.2) is 46.4 Å². The van der Waals surface area contributed by atoms with Gasteiger partial charge in [0.25, 0.3) is 0 Å². The van der Waals surface area contributed by atoms with Crippen LogP contribution in [0, 0.1) is 6.92 Å². The van der Waals surface area contributed by atoms with E-state index in [0.29, 0.717) is 32.7 Å². The number of rotatable bonds is 6. The third kappa shape index (κ3) is 4.45. The van der Waals surface area contributed by atoms with E-state index in [9.17, 15) is 4.79 Å². The van der Waals surface area contributed by atoms with Gasteiger partial charge in [-0.3, -0.25) is 9.48 Å². The lowest BCUT2D eigenvalue weighted by molar-refractivity contribution is -0.139. The van der Waals surface area contributed by atoms with Gasteiger partial charge in [-0.05, 0) is 31.4 Å². The summed E-state index contributed by atoms with van der Waals surface area (Å²) in [7, 11) is 0. The molecule has 0 bridgehead atoms. The Morgan fingerprint density at radius 2 is 2.12 bits per heavy atom. The normalized spacial score (nSPS) is 17.9. The Kier molecular flexibility index (Phi) is 5.64. The topological polar surface area (TPSA) is 47.4 Å². The minimum absolute atomic E-state index is 0.134. The van der Waals surface area contributed by atoms with E-state index in [4.69, 9.17) is 4.74 Å². The summed E-state index contributed by atoms with van der Waals surface area (Å²) < 4.78 is 7.72. The van der Waals surface area contributed by atoms with Gasteiger partial charge in [-0.15, -0.1) is 0 Å². The van der Waals surface area contributed by atoms with Crippen LogP contribution in [0.15, 0.2) is 42.6 Å². The minimum Gasteiger partial charge on any atom is -0.375 e. The van der Waals surface area contributed by atoms with Gasteiger partial charge in [-0.2, -0.15) is 5.10 Å². The van der Waals surface area contributed by atoms with Crippen LogP contribution in [0.5, 0.6) is 0 Å². The lowest BCUT2D eigenvalue weighted by Gasteiger charge is -2.33. The summed E-state index contributed by atoms with van der Waals surface area (Å²) in [6, 6.07) is 12.4. The van der Waals surface area contributed by atoms with Crippen LogP contribution in [0.25, 0.3) is 0 Å². The van der Waals surface area contributed by atoms with Gasteiger partial charge in [0.05, 0.1) is 12.7 Å². The largest absolute Gasteiger partial charge is 0.375 e. The van der Waals surface area contributed by atoms with Crippen molar-refractivity contribution in [2.45, 2.75) is 38.8 Å². The lowest BCUT2D eigenvalue weighted by atomic mass is 10.1. The van der Waals surface area contributed by atoms with Crippen LogP contribution < -0.4 is 0 Å². The van der Waals surface area contributed by atoms with Crippen LogP contribution in [0.3, 0.4) is 0 Å². The third-order valence-electron chi connectivity index (χ3n) is 4.56. The van der Waals surface area contributed by atoms with Crippen LogP contribution in [0.4, 0.5) is 0 Å². The molecule has 1 aliphatic rings. The van der Waals surface area contributed by atoms with Crippen molar-refractivity contribution >= 4 is 5.91 Å². The SMILES string of the molecule is Cc1ccnn1CCC(=O)N1CCO[C@H](CCc2ccccc2)C1. The van der Waals surface area contributed by atoms with Crippen molar-refractivity contribution in [2.75, 3.05) is 19.7 Å². The highest BCUT2D eigenvalue weighted by atomic mass is 16.5. The van der Waals surface area contributed by atoms with Gasteiger partial charge in [0.1, 0.15) is 0 Å². The second-order valence-corrected chi connectivity index (χ2v) is 6.30. The zero-order valence-corrected chi connectivity index (χ0v) is 14.2. The highest BCUT2D eigenvalue weighted by Gasteiger charge is 2.23. The molecule has 1 amide bonds. The number of aryl methyl sites for hydroxylation is 3. The minimum atomic E-state index is 0.134. The summed E-state index contributed by atoms with van der Waals surface area (Å²) in [6.45, 7) is 4.67. The van der Waals surface area contributed by atoms with Crippen LogP contribution in [0.2, 0.25) is 0 Å². The van der Waals surface area contributed by atoms with E-state index in [0.717, 1.165) is 18.5 Å². The van der Waals surface area contributed by atoms with Crippen molar-refractivity contribution in [3.05, 3.63) is 53.9 Å². The molecule has 0 saturated carbocycles. The van der Waals surface area contributed by atoms with E-state index in [1.807, 2.05) is 28.6 Å². The molecular weight excluding hydrogens is 302 g/mol. The summed E-state index contributed by atoms with van der Waals surface area (Å²) >= 11 is 0. The van der Waals surface area contributed by atoms with E-state index >= 15 is 0 Å². The molecule has 1 saturated heterocycles. The summed E-state index contributed by atoms with van der Waals surface area (Å²) in [5.41, 5.74) is 2.41. The fourth-order valence-corrected chi connectivity index (χ4v) is 3.09. The van der Waals surface area contributed by atoms with Crippen LogP contribution in [-0.2, 0) is 22.5 Å². The second-order valence-electron chi connectivity index (χ2n) is 6.30. The Labute approximate surface area is 143 Å². The first-order chi connectivity index (χ1) is 11.7. The molecule has 0 unspecified atom stereocenters. The van der Waals surface area contributed by atoms with Gasteiger partial charge in [-0.1, -0.05) is 30.3 Å². The summed E-state index contributed by atoms with van der Waals surface area (Å²) in [4.78, 5) is 14.4. The number of benzene rings is 1. The van der Waals surface area contributed by atoms with E-state index < -0.39 is 0 Å². The number of carbonyl (C=O) groups excluding carboxylic acids is 1. The number of hydrogen-bond donors (Lipinski definition) is 0. The molecule has 0 spiro atoms. The first-order valence-corrected chi connectivity index (χ1v) is 8.64. The van der Waals surface area contributed by atoms with Gasteiger partial charge < -0.3 is 9.64 Å². The number of ether oxygens (including phenoxy) is 1. The zero-order chi connectivity index (χ0) is 16.8. The predicted octanol–water partition coefficient (Wildman–Crippen LogP) is 2.44. The molecule has 1 fully saturated rings. The smallest absolute Gasteiger partial charge is 0.224 e. The van der Waals surface area contributed by atoms with Crippen LogP contribution in [0.1, 0.15) is 24.1 Å². The summed E-state index contributed by atoms with van der Waals surface area (Å²) in [5.74, 6) is 0.193. The maximum atomic E-state index is 12.5. The molecule has 3 rings (SSSR count). The molecule has 2 aromatic rings. The molecular formula is C19H25N3O2. The number of hydrogen-bond acceptors (Lipinski definition) is 3. The Bertz CT molecular complexity index is 654. The molecule has 128 valence electrons. The average Bonchev–Trinajstić information content (AvgIpc) is 3.04. The van der Waals surface area contributed by atoms with Crippen molar-refractivity contribution in [3.8, 4) is 0 Å². The van der Waals surface area contributed by atoms with E-state index in [2.05, 4.69) is 29.4 Å². The lowest BCUT2D eigenvalue weighted by Crippen LogP contribution is -2.46. The monoisotopic (exact) mass is 327 g/mol. The highest BCUT2D eigenvalue weighted by molar-refractivity contribution is 5.76. The van der Waals surface area contributed by atoms with Gasteiger partial charge in [-0.25, -0.2) is 0 Å². The molecule has 1 aromatic carbocycles. The number of carbonyl (C=O) groups is 1. The van der Waals surface area contributed by atoms with E-state index in [-0.39, 0.29) is 12.0 Å². The fraction of sp³-hybridized carbons (Fsp3) is 0.474. The standard InChI is InChI=1S/C19H25N3O2/c1-16-9-11-20-22(16)12-10-19(23)21-13-14-24-18(15-21)8-7-17-5-3-2-4-6-17/h2-6,9,11,18H,7-8,10,12-15H2,1H3/t18-/m1/s1. The Morgan fingerprint density at radius 3 is 2.88 bits per heavy atom. The average molecular weight is 327 g/mol. The highest BCUT2D eigenvalue weighted by Crippen LogP contribution is 2.14. The van der Waals surface area contributed by atoms with Gasteiger partial charge in [0.15, 0.2) is 0 Å². The van der Waals surface area contributed by atoms with Gasteiger partial charge >= 0.3 is 0 Å². The number of amides is 1. The van der Waals surface area contributed by atoms with Crippen molar-refractivity contribution in [1.29, 1.82) is 0 Å². The molecule has 0 N–H and O–H groups in total. The quantitative estimate of drug-likeness (QED) is 0.819. The molecule has 0 radical (unpaired) electrons. The van der Waals surface area contributed by atoms with Crippen molar-refractivity contribution < 1.29 is 9.53 Å². The first-order valence-electron chi connectivity index (χ1n) is 8.64. The maximum absolute atomic E-state index is 12.5. The van der Waals surface area contributed by atoms with Crippen molar-refractivity contribution in [1.82, 2.24) is 14.7 Å². The molecule has 0 aliphatic carbocycles. The molecule has 5 heteroatoms. The molecule has 2 heterocycles. The van der Waals surface area contributed by atoms with E-state index in [1.165, 1.54) is 5.56 Å². The van der Waals surface area contributed by atoms with Crippen molar-refractivity contribution in [3.63, 3.8) is 0 Å². The molecule has 5 nitrogen and oxygen atoms in total. The first kappa shape index (κ1) is 16.7. The Hall–Kier alpha value is -2.14. The van der Waals surface area contributed by atoms with Crippen molar-refractivity contribution in [2.24, 2.45) is 0 Å². The molecule has 1 aromatic heterocycles. The number of morpholine rings is 1. The zero-order valence-electron chi connectivity index (χ0n) is 14.2. The molecule has 24 heavy (non-hydrogen) atoms. The number of aromatic nitrogens is 2. The Balaban J connectivity index is 1.46. The maximum Gasteiger partial charge on any atom is 0.224 e. The second kappa shape index (κ2) is 8.11. The molecule has 1 atom stereocenters. The van der Waals surface area contributed by atoms with Gasteiger partial charge in [0, 0.05) is 37.9 Å². The molecule has 1 aliphatic heterocycles. The number of nitrogens with zero attached hydrogens (tertiary/aromatic N) is 3. The Morgan fingerprint density at radius 1 is 1.29 bits per heavy atom. The fourth-order valence-electron chi connectivity index (χ4n) is 3.09. The van der Waals surface area contributed by atoms with E-state index in [1.54, 1.807) is 6.20 Å². The van der Waals surface area contributed by atoms with Crippen LogP contribution >= 0.6 is 0 Å². The summed E-state index contributed by atoms with van der Waals surface area (Å²) in [6.07, 6.45) is 4.34.